The molecule has 1 unspecified atom stereocenters. The Morgan fingerprint density at radius 3 is 2.48 bits per heavy atom. The van der Waals surface area contributed by atoms with Crippen molar-refractivity contribution < 1.29 is 24.2 Å². The molecule has 0 bridgehead atoms. The summed E-state index contributed by atoms with van der Waals surface area (Å²) in [6.45, 7) is 5.12. The second-order valence-electron chi connectivity index (χ2n) is 4.49. The van der Waals surface area contributed by atoms with Gasteiger partial charge in [0.1, 0.15) is 0 Å². The molecule has 0 saturated heterocycles. The van der Waals surface area contributed by atoms with Gasteiger partial charge in [0.2, 0.25) is 0 Å². The summed E-state index contributed by atoms with van der Waals surface area (Å²) in [6.07, 6.45) is 0. The number of esters is 1. The quantitative estimate of drug-likeness (QED) is 0.546. The van der Waals surface area contributed by atoms with E-state index < -0.39 is 23.9 Å². The zero-order chi connectivity index (χ0) is 16.2. The molecule has 1 amide bonds. The van der Waals surface area contributed by atoms with E-state index in [1.807, 2.05) is 0 Å². The number of ether oxygens (including phenoxy) is 1. The number of aromatic carboxylic acids is 1. The van der Waals surface area contributed by atoms with Crippen LogP contribution in [0.2, 0.25) is 0 Å². The normalized spacial score (nSPS) is 11.6. The number of carbonyl (C=O) groups excluding carboxylic acids is 2. The third-order valence-electron chi connectivity index (χ3n) is 2.99. The molecule has 7 heteroatoms. The van der Waals surface area contributed by atoms with Crippen molar-refractivity contribution in [1.29, 1.82) is 0 Å². The maximum absolute atomic E-state index is 11.8. The number of amides is 1. The lowest BCUT2D eigenvalue weighted by Gasteiger charge is -2.13. The SMILES string of the molecule is CCOC(=O)C(N)C(=O)Nc1cc(C)c(C)c(C(=O)O)c1. The summed E-state index contributed by atoms with van der Waals surface area (Å²) in [4.78, 5) is 34.3. The van der Waals surface area contributed by atoms with Crippen molar-refractivity contribution >= 4 is 23.5 Å². The summed E-state index contributed by atoms with van der Waals surface area (Å²) in [6, 6.07) is 1.47. The van der Waals surface area contributed by atoms with E-state index in [4.69, 9.17) is 10.8 Å². The molecule has 1 atom stereocenters. The van der Waals surface area contributed by atoms with E-state index in [0.717, 1.165) is 0 Å². The lowest BCUT2D eigenvalue weighted by atomic mass is 10.0. The van der Waals surface area contributed by atoms with Gasteiger partial charge in [-0.15, -0.1) is 0 Å². The van der Waals surface area contributed by atoms with E-state index >= 15 is 0 Å². The van der Waals surface area contributed by atoms with Gasteiger partial charge in [-0.3, -0.25) is 4.79 Å². The van der Waals surface area contributed by atoms with Crippen molar-refractivity contribution in [3.8, 4) is 0 Å². The molecule has 0 aliphatic rings. The number of nitrogens with one attached hydrogen (secondary N) is 1. The number of carboxylic acid groups (broad SMARTS) is 1. The first-order valence-electron chi connectivity index (χ1n) is 6.35. The molecule has 0 aromatic heterocycles. The van der Waals surface area contributed by atoms with Gasteiger partial charge in [0.25, 0.3) is 5.91 Å². The number of hydrogen-bond acceptors (Lipinski definition) is 5. The molecule has 0 radical (unpaired) electrons. The largest absolute Gasteiger partial charge is 0.478 e. The number of benzene rings is 1. The van der Waals surface area contributed by atoms with Crippen LogP contribution in [0.15, 0.2) is 12.1 Å². The first-order valence-corrected chi connectivity index (χ1v) is 6.35. The molecule has 1 rings (SSSR count). The molecule has 0 fully saturated rings. The molecule has 0 aliphatic heterocycles. The maximum atomic E-state index is 11.8. The molecule has 21 heavy (non-hydrogen) atoms. The third-order valence-corrected chi connectivity index (χ3v) is 2.99. The average molecular weight is 294 g/mol. The van der Waals surface area contributed by atoms with Crippen molar-refractivity contribution in [2.45, 2.75) is 26.8 Å². The van der Waals surface area contributed by atoms with Crippen molar-refractivity contribution in [2.75, 3.05) is 11.9 Å². The van der Waals surface area contributed by atoms with Crippen LogP contribution in [0.4, 0.5) is 5.69 Å². The van der Waals surface area contributed by atoms with Crippen LogP contribution in [0.3, 0.4) is 0 Å². The van der Waals surface area contributed by atoms with Crippen molar-refractivity contribution in [3.63, 3.8) is 0 Å². The van der Waals surface area contributed by atoms with Crippen molar-refractivity contribution in [2.24, 2.45) is 5.73 Å². The predicted octanol–water partition coefficient (Wildman–Crippen LogP) is 0.831. The van der Waals surface area contributed by atoms with Gasteiger partial charge in [-0.1, -0.05) is 0 Å². The van der Waals surface area contributed by atoms with E-state index in [0.29, 0.717) is 11.1 Å². The second-order valence-corrected chi connectivity index (χ2v) is 4.49. The predicted molar refractivity (Wildman–Crippen MR) is 76.1 cm³/mol. The molecular weight excluding hydrogens is 276 g/mol. The van der Waals surface area contributed by atoms with Crippen LogP contribution in [-0.2, 0) is 14.3 Å². The van der Waals surface area contributed by atoms with Gasteiger partial charge in [0, 0.05) is 5.69 Å². The number of hydrogen-bond donors (Lipinski definition) is 3. The Kier molecular flexibility index (Phi) is 5.43. The van der Waals surface area contributed by atoms with Gasteiger partial charge < -0.3 is 20.9 Å². The summed E-state index contributed by atoms with van der Waals surface area (Å²) in [5.41, 5.74) is 7.11. The highest BCUT2D eigenvalue weighted by molar-refractivity contribution is 6.08. The van der Waals surface area contributed by atoms with Gasteiger partial charge in [0.05, 0.1) is 12.2 Å². The van der Waals surface area contributed by atoms with Gasteiger partial charge in [-0.05, 0) is 44.0 Å². The Labute approximate surface area is 122 Å². The standard InChI is InChI=1S/C14H18N2O5/c1-4-21-14(20)11(15)12(17)16-9-5-7(2)8(3)10(6-9)13(18)19/h5-6,11H,4,15H2,1-3H3,(H,16,17)(H,18,19). The molecule has 1 aromatic rings. The Morgan fingerprint density at radius 1 is 1.33 bits per heavy atom. The van der Waals surface area contributed by atoms with Gasteiger partial charge in [-0.2, -0.15) is 0 Å². The second kappa shape index (κ2) is 6.85. The Hall–Kier alpha value is -2.41. The van der Waals surface area contributed by atoms with Gasteiger partial charge in [-0.25, -0.2) is 9.59 Å². The average Bonchev–Trinajstić information content (AvgIpc) is 2.41. The molecule has 0 aliphatic carbocycles. The Morgan fingerprint density at radius 2 is 1.95 bits per heavy atom. The molecule has 0 heterocycles. The van der Waals surface area contributed by atoms with Crippen LogP contribution in [0.5, 0.6) is 0 Å². The number of aryl methyl sites for hydroxylation is 1. The first-order chi connectivity index (χ1) is 9.77. The smallest absolute Gasteiger partial charge is 0.336 e. The summed E-state index contributed by atoms with van der Waals surface area (Å²) in [5.74, 6) is -2.69. The number of rotatable bonds is 5. The zero-order valence-electron chi connectivity index (χ0n) is 12.1. The van der Waals surface area contributed by atoms with E-state index in [2.05, 4.69) is 10.1 Å². The highest BCUT2D eigenvalue weighted by Gasteiger charge is 2.24. The minimum atomic E-state index is -1.46. The number of nitrogens with two attached hydrogens (primary N) is 1. The monoisotopic (exact) mass is 294 g/mol. The molecule has 7 nitrogen and oxygen atoms in total. The zero-order valence-corrected chi connectivity index (χ0v) is 12.1. The van der Waals surface area contributed by atoms with Crippen LogP contribution in [-0.4, -0.2) is 35.6 Å². The van der Waals surface area contributed by atoms with Gasteiger partial charge in [0.15, 0.2) is 6.04 Å². The minimum Gasteiger partial charge on any atom is -0.478 e. The van der Waals surface area contributed by atoms with E-state index in [9.17, 15) is 14.4 Å². The summed E-state index contributed by atoms with van der Waals surface area (Å²) in [5, 5.41) is 11.5. The van der Waals surface area contributed by atoms with Crippen molar-refractivity contribution in [1.82, 2.24) is 0 Å². The van der Waals surface area contributed by atoms with E-state index in [1.54, 1.807) is 26.8 Å². The Balaban J connectivity index is 2.96. The fourth-order valence-corrected chi connectivity index (χ4v) is 1.71. The van der Waals surface area contributed by atoms with E-state index in [-0.39, 0.29) is 17.9 Å². The minimum absolute atomic E-state index is 0.0787. The number of carbonyl (C=O) groups is 3. The summed E-state index contributed by atoms with van der Waals surface area (Å²) < 4.78 is 4.65. The fourth-order valence-electron chi connectivity index (χ4n) is 1.71. The topological polar surface area (TPSA) is 119 Å². The van der Waals surface area contributed by atoms with Crippen LogP contribution in [0.1, 0.15) is 28.4 Å². The number of carboxylic acids is 1. The van der Waals surface area contributed by atoms with Crippen LogP contribution in [0.25, 0.3) is 0 Å². The molecular formula is C14H18N2O5. The van der Waals surface area contributed by atoms with E-state index in [1.165, 1.54) is 6.07 Å². The molecule has 0 saturated carbocycles. The lowest BCUT2D eigenvalue weighted by molar-refractivity contribution is -0.146. The molecule has 4 N–H and O–H groups in total. The third kappa shape index (κ3) is 4.03. The molecule has 1 aromatic carbocycles. The maximum Gasteiger partial charge on any atom is 0.336 e. The van der Waals surface area contributed by atoms with Crippen LogP contribution in [0, 0.1) is 13.8 Å². The van der Waals surface area contributed by atoms with Crippen LogP contribution < -0.4 is 11.1 Å². The van der Waals surface area contributed by atoms with Crippen molar-refractivity contribution in [3.05, 3.63) is 28.8 Å². The fraction of sp³-hybridized carbons (Fsp3) is 0.357. The first kappa shape index (κ1) is 16.6. The summed E-state index contributed by atoms with van der Waals surface area (Å²) in [7, 11) is 0. The molecule has 0 spiro atoms. The Bertz CT molecular complexity index is 583. The lowest BCUT2D eigenvalue weighted by Crippen LogP contribution is -2.43. The highest BCUT2D eigenvalue weighted by Crippen LogP contribution is 2.20. The van der Waals surface area contributed by atoms with Gasteiger partial charge >= 0.3 is 11.9 Å². The molecule has 114 valence electrons. The summed E-state index contributed by atoms with van der Waals surface area (Å²) >= 11 is 0. The highest BCUT2D eigenvalue weighted by atomic mass is 16.5. The number of anilines is 1. The van der Waals surface area contributed by atoms with Crippen LogP contribution >= 0.6 is 0 Å².